The molecule has 0 radical (unpaired) electrons. The predicted octanol–water partition coefficient (Wildman–Crippen LogP) is 5.74. The van der Waals surface area contributed by atoms with Crippen molar-refractivity contribution in [1.82, 2.24) is 9.80 Å². The summed E-state index contributed by atoms with van der Waals surface area (Å²) >= 11 is 0. The summed E-state index contributed by atoms with van der Waals surface area (Å²) in [5.41, 5.74) is 2.60. The third-order valence-electron chi connectivity index (χ3n) is 9.59. The first kappa shape index (κ1) is 42.0. The molecule has 1 saturated heterocycles. The van der Waals surface area contributed by atoms with Crippen LogP contribution in [0.1, 0.15) is 68.7 Å². The maximum absolute atomic E-state index is 13.8. The summed E-state index contributed by atoms with van der Waals surface area (Å²) < 4.78 is 35.4. The second-order valence-electron chi connectivity index (χ2n) is 14.1. The Balaban J connectivity index is 1.05. The summed E-state index contributed by atoms with van der Waals surface area (Å²) in [4.78, 5) is 67.7. The molecule has 2 N–H and O–H groups in total. The number of rotatable bonds is 21. The third kappa shape index (κ3) is 11.2. The number of hydrogen-bond acceptors (Lipinski definition) is 9. The van der Waals surface area contributed by atoms with Gasteiger partial charge in [-0.3, -0.25) is 19.2 Å². The SMILES string of the molecule is CCCOCCOCCOCCC(=O)Nc1ccc(CCC(=O)Nc2ccc3c(c2)CCC32OC(=O)N(CC(=O)N(Cc3ccc(F)cc3)C(C)C)C2=O)cc1. The van der Waals surface area contributed by atoms with Gasteiger partial charge >= 0.3 is 6.09 Å². The van der Waals surface area contributed by atoms with E-state index in [1.165, 1.54) is 17.0 Å². The zero-order valence-corrected chi connectivity index (χ0v) is 32.3. The van der Waals surface area contributed by atoms with Crippen molar-refractivity contribution in [2.75, 3.05) is 56.8 Å². The first-order valence-electron chi connectivity index (χ1n) is 19.1. The molecule has 0 saturated carbocycles. The number of imide groups is 1. The predicted molar refractivity (Wildman–Crippen MR) is 206 cm³/mol. The zero-order chi connectivity index (χ0) is 40.1. The lowest BCUT2D eigenvalue weighted by Crippen LogP contribution is -2.46. The highest BCUT2D eigenvalue weighted by Gasteiger charge is 2.58. The molecule has 3 aromatic carbocycles. The molecule has 2 aliphatic rings. The van der Waals surface area contributed by atoms with Gasteiger partial charge < -0.3 is 34.5 Å². The summed E-state index contributed by atoms with van der Waals surface area (Å²) in [5.74, 6) is -1.79. The molecule has 1 spiro atoms. The largest absolute Gasteiger partial charge is 0.427 e. The van der Waals surface area contributed by atoms with Crippen molar-refractivity contribution < 1.29 is 47.3 Å². The number of ether oxygens (including phenoxy) is 4. The van der Waals surface area contributed by atoms with Gasteiger partial charge in [0.1, 0.15) is 12.4 Å². The number of nitrogens with one attached hydrogen (secondary N) is 2. The van der Waals surface area contributed by atoms with Crippen molar-refractivity contribution in [1.29, 1.82) is 0 Å². The van der Waals surface area contributed by atoms with E-state index in [2.05, 4.69) is 17.6 Å². The maximum atomic E-state index is 13.8. The van der Waals surface area contributed by atoms with Crippen LogP contribution in [-0.2, 0) is 63.1 Å². The molecular weight excluding hydrogens is 723 g/mol. The molecule has 0 bridgehead atoms. The van der Waals surface area contributed by atoms with E-state index in [1.54, 1.807) is 42.5 Å². The molecule has 300 valence electrons. The van der Waals surface area contributed by atoms with Gasteiger partial charge in [-0.25, -0.2) is 14.1 Å². The van der Waals surface area contributed by atoms with Gasteiger partial charge in [-0.05, 0) is 86.2 Å². The molecule has 1 heterocycles. The van der Waals surface area contributed by atoms with E-state index >= 15 is 0 Å². The fourth-order valence-corrected chi connectivity index (χ4v) is 6.61. The highest BCUT2D eigenvalue weighted by atomic mass is 19.1. The summed E-state index contributed by atoms with van der Waals surface area (Å²) in [6, 6.07) is 18.0. The van der Waals surface area contributed by atoms with Crippen molar-refractivity contribution in [2.45, 2.75) is 77.5 Å². The van der Waals surface area contributed by atoms with Gasteiger partial charge in [0, 0.05) is 49.0 Å². The van der Waals surface area contributed by atoms with E-state index in [0.29, 0.717) is 61.8 Å². The molecule has 3 aromatic rings. The quantitative estimate of drug-likeness (QED) is 0.129. The number of anilines is 2. The third-order valence-corrected chi connectivity index (χ3v) is 9.59. The topological polar surface area (TPSA) is 153 Å². The van der Waals surface area contributed by atoms with Crippen LogP contribution in [0.5, 0.6) is 0 Å². The molecule has 0 aromatic heterocycles. The first-order valence-corrected chi connectivity index (χ1v) is 19.1. The maximum Gasteiger partial charge on any atom is 0.418 e. The standard InChI is InChI=1S/C42H51FN4O9/c1-4-20-53-22-24-55-25-23-54-21-18-38(49)44-34-12-7-30(8-13-34)9-16-37(48)45-35-14-15-36-32(26-35)17-19-42(36)40(51)47(41(52)56-42)28-39(50)46(29(2)3)27-31-5-10-33(43)11-6-31/h5-8,10-15,26,29H,4,9,16-25,27-28H2,1-3H3,(H,44,49)(H,45,48). The Morgan fingerprint density at radius 1 is 0.821 bits per heavy atom. The second-order valence-corrected chi connectivity index (χ2v) is 14.1. The summed E-state index contributed by atoms with van der Waals surface area (Å²) in [5, 5.41) is 5.76. The van der Waals surface area contributed by atoms with Crippen molar-refractivity contribution in [3.8, 4) is 0 Å². The van der Waals surface area contributed by atoms with E-state index < -0.39 is 30.1 Å². The van der Waals surface area contributed by atoms with Gasteiger partial charge in [-0.1, -0.05) is 37.3 Å². The second kappa shape index (κ2) is 20.1. The minimum Gasteiger partial charge on any atom is -0.427 e. The van der Waals surface area contributed by atoms with E-state index in [-0.39, 0.29) is 56.1 Å². The summed E-state index contributed by atoms with van der Waals surface area (Å²) in [6.07, 6.45) is 1.64. The number of hydrogen-bond donors (Lipinski definition) is 2. The van der Waals surface area contributed by atoms with Crippen LogP contribution in [0.4, 0.5) is 20.6 Å². The van der Waals surface area contributed by atoms with Gasteiger partial charge in [-0.15, -0.1) is 0 Å². The van der Waals surface area contributed by atoms with Crippen LogP contribution < -0.4 is 10.6 Å². The van der Waals surface area contributed by atoms with Crippen LogP contribution >= 0.6 is 0 Å². The van der Waals surface area contributed by atoms with Gasteiger partial charge in [0.25, 0.3) is 5.91 Å². The molecule has 5 rings (SSSR count). The minimum atomic E-state index is -1.53. The fourth-order valence-electron chi connectivity index (χ4n) is 6.61. The molecule has 1 aliphatic heterocycles. The number of benzene rings is 3. The van der Waals surface area contributed by atoms with E-state index in [1.807, 2.05) is 26.0 Å². The van der Waals surface area contributed by atoms with Crippen LogP contribution in [0.3, 0.4) is 0 Å². The molecule has 5 amide bonds. The molecule has 1 aliphatic carbocycles. The van der Waals surface area contributed by atoms with Crippen molar-refractivity contribution in [2.24, 2.45) is 0 Å². The summed E-state index contributed by atoms with van der Waals surface area (Å²) in [7, 11) is 0. The van der Waals surface area contributed by atoms with E-state index in [0.717, 1.165) is 29.1 Å². The first-order chi connectivity index (χ1) is 27.0. The minimum absolute atomic E-state index is 0.165. The molecule has 1 atom stereocenters. The molecule has 13 nitrogen and oxygen atoms in total. The fraction of sp³-hybridized carbons (Fsp3) is 0.452. The Morgan fingerprint density at radius 3 is 2.11 bits per heavy atom. The number of halogens is 1. The average molecular weight is 775 g/mol. The lowest BCUT2D eigenvalue weighted by molar-refractivity contribution is -0.142. The zero-order valence-electron chi connectivity index (χ0n) is 32.3. The number of carbonyl (C=O) groups is 5. The van der Waals surface area contributed by atoms with Gasteiger partial charge in [0.05, 0.1) is 39.5 Å². The van der Waals surface area contributed by atoms with Crippen LogP contribution in [0, 0.1) is 5.82 Å². The van der Waals surface area contributed by atoms with Crippen molar-refractivity contribution in [3.63, 3.8) is 0 Å². The molecule has 1 unspecified atom stereocenters. The highest BCUT2D eigenvalue weighted by molar-refractivity contribution is 6.06. The Kier molecular flexibility index (Phi) is 15.1. The molecule has 1 fully saturated rings. The van der Waals surface area contributed by atoms with Crippen LogP contribution in [-0.4, -0.2) is 91.7 Å². The molecule has 14 heteroatoms. The number of aryl methyl sites for hydroxylation is 2. The number of fused-ring (bicyclic) bond motifs is 2. The van der Waals surface area contributed by atoms with Gasteiger partial charge in [0.2, 0.25) is 23.3 Å². The Morgan fingerprint density at radius 2 is 1.43 bits per heavy atom. The summed E-state index contributed by atoms with van der Waals surface area (Å²) in [6.45, 7) is 8.32. The van der Waals surface area contributed by atoms with E-state index in [9.17, 15) is 28.4 Å². The smallest absolute Gasteiger partial charge is 0.418 e. The number of carbonyl (C=O) groups excluding carboxylic acids is 5. The van der Waals surface area contributed by atoms with Crippen LogP contribution in [0.2, 0.25) is 0 Å². The highest BCUT2D eigenvalue weighted by Crippen LogP contribution is 2.46. The van der Waals surface area contributed by atoms with Crippen molar-refractivity contribution >= 4 is 41.1 Å². The number of nitrogens with zero attached hydrogens (tertiary/aromatic N) is 2. The van der Waals surface area contributed by atoms with Gasteiger partial charge in [0.15, 0.2) is 0 Å². The monoisotopic (exact) mass is 774 g/mol. The normalized spacial score (nSPS) is 16.0. The Bertz CT molecular complexity index is 1840. The van der Waals surface area contributed by atoms with Gasteiger partial charge in [-0.2, -0.15) is 0 Å². The van der Waals surface area contributed by atoms with E-state index in [4.69, 9.17) is 18.9 Å². The number of amides is 5. The van der Waals surface area contributed by atoms with Crippen LogP contribution in [0.25, 0.3) is 0 Å². The Hall–Kier alpha value is -5.18. The lowest BCUT2D eigenvalue weighted by Gasteiger charge is -2.28. The lowest BCUT2D eigenvalue weighted by atomic mass is 9.94. The Labute approximate surface area is 326 Å². The molecule has 56 heavy (non-hydrogen) atoms. The van der Waals surface area contributed by atoms with Crippen molar-refractivity contribution in [3.05, 3.63) is 94.8 Å². The average Bonchev–Trinajstić information content (AvgIpc) is 3.65. The molecular formula is C42H51FN4O9. The van der Waals surface area contributed by atoms with Crippen LogP contribution in [0.15, 0.2) is 66.7 Å².